The van der Waals surface area contributed by atoms with Crippen LogP contribution in [0.15, 0.2) is 30.5 Å². The molecule has 1 aromatic carbocycles. The van der Waals surface area contributed by atoms with Gasteiger partial charge in [-0.25, -0.2) is 0 Å². The van der Waals surface area contributed by atoms with Gasteiger partial charge >= 0.3 is 0 Å². The lowest BCUT2D eigenvalue weighted by atomic mass is 9.94. The van der Waals surface area contributed by atoms with Crippen LogP contribution in [-0.2, 0) is 11.2 Å². The van der Waals surface area contributed by atoms with Gasteiger partial charge in [0.2, 0.25) is 5.91 Å². The second-order valence-corrected chi connectivity index (χ2v) is 11.2. The minimum Gasteiger partial charge on any atom is -0.389 e. The van der Waals surface area contributed by atoms with Crippen molar-refractivity contribution < 1.29 is 9.90 Å². The largest absolute Gasteiger partial charge is 0.389 e. The Morgan fingerprint density at radius 2 is 1.77 bits per heavy atom. The third-order valence-corrected chi connectivity index (χ3v) is 7.55. The van der Waals surface area contributed by atoms with Crippen molar-refractivity contribution in [3.05, 3.63) is 41.6 Å². The zero-order chi connectivity index (χ0) is 25.4. The van der Waals surface area contributed by atoms with E-state index in [2.05, 4.69) is 59.1 Å². The molecular weight excluding hydrogens is 436 g/mol. The predicted molar refractivity (Wildman–Crippen MR) is 146 cm³/mol. The number of aliphatic hydroxyl groups excluding tert-OH is 1. The summed E-state index contributed by atoms with van der Waals surface area (Å²) in [6.45, 7) is 20.1. The van der Waals surface area contributed by atoms with Crippen molar-refractivity contribution in [2.75, 3.05) is 50.7 Å². The second kappa shape index (κ2) is 13.4. The van der Waals surface area contributed by atoms with Gasteiger partial charge in [-0.3, -0.25) is 9.69 Å². The highest BCUT2D eigenvalue weighted by atomic mass is 16.3. The monoisotopic (exact) mass is 484 g/mol. The summed E-state index contributed by atoms with van der Waals surface area (Å²) in [4.78, 5) is 16.0. The highest BCUT2D eigenvalue weighted by Crippen LogP contribution is 2.27. The molecule has 3 saturated heterocycles. The van der Waals surface area contributed by atoms with E-state index in [4.69, 9.17) is 0 Å². The Balaban J connectivity index is 0.000000320. The van der Waals surface area contributed by atoms with Crippen LogP contribution in [0.1, 0.15) is 70.6 Å². The molecule has 3 N–H and O–H groups in total. The number of carbonyl (C=O) groups is 1. The van der Waals surface area contributed by atoms with E-state index in [0.717, 1.165) is 62.6 Å². The van der Waals surface area contributed by atoms with Gasteiger partial charge in [0.15, 0.2) is 0 Å². The molecule has 0 aliphatic carbocycles. The molecule has 2 unspecified atom stereocenters. The van der Waals surface area contributed by atoms with Gasteiger partial charge in [-0.2, -0.15) is 0 Å². The van der Waals surface area contributed by atoms with Gasteiger partial charge in [-0.15, -0.1) is 0 Å². The number of carbonyl (C=O) groups excluding carboxylic acids is 1. The Labute approximate surface area is 213 Å². The summed E-state index contributed by atoms with van der Waals surface area (Å²) >= 11 is 0. The molecule has 3 aliphatic rings. The SMILES string of the molecule is C=C1CCC(C)C(=O)N1.CC(C)Cc1ccc(N2CCN(CC3CCNCC3)CC2)cc1C(C)O. The van der Waals surface area contributed by atoms with Gasteiger partial charge in [0.25, 0.3) is 0 Å². The lowest BCUT2D eigenvalue weighted by Crippen LogP contribution is -2.48. The third kappa shape index (κ3) is 8.62. The van der Waals surface area contributed by atoms with Crippen LogP contribution < -0.4 is 15.5 Å². The van der Waals surface area contributed by atoms with E-state index in [-0.39, 0.29) is 11.8 Å². The first-order valence-electron chi connectivity index (χ1n) is 13.7. The van der Waals surface area contributed by atoms with E-state index in [9.17, 15) is 9.90 Å². The minimum atomic E-state index is -0.398. The van der Waals surface area contributed by atoms with Gasteiger partial charge in [-0.1, -0.05) is 33.4 Å². The third-order valence-electron chi connectivity index (χ3n) is 7.55. The van der Waals surface area contributed by atoms with Gasteiger partial charge in [-0.05, 0) is 87.2 Å². The summed E-state index contributed by atoms with van der Waals surface area (Å²) in [5, 5.41) is 16.4. The lowest BCUT2D eigenvalue weighted by Gasteiger charge is -2.38. The molecule has 0 spiro atoms. The van der Waals surface area contributed by atoms with E-state index < -0.39 is 6.10 Å². The molecule has 6 heteroatoms. The van der Waals surface area contributed by atoms with E-state index in [1.165, 1.54) is 43.7 Å². The topological polar surface area (TPSA) is 67.8 Å². The molecule has 3 fully saturated rings. The molecule has 35 heavy (non-hydrogen) atoms. The summed E-state index contributed by atoms with van der Waals surface area (Å²) in [7, 11) is 0. The fourth-order valence-electron chi connectivity index (χ4n) is 5.29. The molecule has 0 radical (unpaired) electrons. The van der Waals surface area contributed by atoms with Crippen molar-refractivity contribution in [1.29, 1.82) is 0 Å². The molecule has 4 rings (SSSR count). The highest BCUT2D eigenvalue weighted by molar-refractivity contribution is 5.80. The maximum Gasteiger partial charge on any atom is 0.226 e. The maximum atomic E-state index is 10.8. The summed E-state index contributed by atoms with van der Waals surface area (Å²) in [6, 6.07) is 6.72. The Morgan fingerprint density at radius 3 is 2.34 bits per heavy atom. The smallest absolute Gasteiger partial charge is 0.226 e. The summed E-state index contributed by atoms with van der Waals surface area (Å²) < 4.78 is 0. The van der Waals surface area contributed by atoms with Gasteiger partial charge in [0.1, 0.15) is 0 Å². The van der Waals surface area contributed by atoms with Crippen LogP contribution in [-0.4, -0.2) is 61.7 Å². The standard InChI is InChI=1S/C22H37N3O.C7H11NO/c1-17(2)14-20-4-5-21(15-22(20)18(3)26)25-12-10-24(11-13-25)16-19-6-8-23-9-7-19;1-5-3-4-6(2)8-7(5)9/h4-5,15,17-19,23,26H,6-14,16H2,1-3H3;5H,2-4H2,1H3,(H,8,9). The fraction of sp³-hybridized carbons (Fsp3) is 0.690. The molecule has 2 atom stereocenters. The van der Waals surface area contributed by atoms with Crippen molar-refractivity contribution >= 4 is 11.6 Å². The lowest BCUT2D eigenvalue weighted by molar-refractivity contribution is -0.124. The fourth-order valence-corrected chi connectivity index (χ4v) is 5.29. The number of aliphatic hydroxyl groups is 1. The number of piperidine rings is 2. The first kappa shape index (κ1) is 27.7. The van der Waals surface area contributed by atoms with Crippen LogP contribution in [0.4, 0.5) is 5.69 Å². The van der Waals surface area contributed by atoms with Crippen LogP contribution in [0.5, 0.6) is 0 Å². The molecule has 1 amide bonds. The molecule has 0 bridgehead atoms. The molecule has 1 aromatic rings. The number of amides is 1. The summed E-state index contributed by atoms with van der Waals surface area (Å²) in [5.74, 6) is 1.78. The molecule has 3 aliphatic heterocycles. The Morgan fingerprint density at radius 1 is 1.09 bits per heavy atom. The maximum absolute atomic E-state index is 10.8. The zero-order valence-electron chi connectivity index (χ0n) is 22.5. The average molecular weight is 485 g/mol. The number of hydrogen-bond acceptors (Lipinski definition) is 5. The molecule has 3 heterocycles. The number of piperazine rings is 1. The number of allylic oxidation sites excluding steroid dienone is 1. The van der Waals surface area contributed by atoms with Crippen molar-refractivity contribution in [2.45, 2.75) is 65.9 Å². The second-order valence-electron chi connectivity index (χ2n) is 11.2. The van der Waals surface area contributed by atoms with Crippen LogP contribution in [0.3, 0.4) is 0 Å². The summed E-state index contributed by atoms with van der Waals surface area (Å²) in [5.41, 5.74) is 4.53. The number of nitrogens with zero attached hydrogens (tertiary/aromatic N) is 2. The zero-order valence-corrected chi connectivity index (χ0v) is 22.5. The first-order chi connectivity index (χ1) is 16.7. The Hall–Kier alpha value is -1.89. The quantitative estimate of drug-likeness (QED) is 0.567. The van der Waals surface area contributed by atoms with Crippen molar-refractivity contribution in [1.82, 2.24) is 15.5 Å². The number of benzene rings is 1. The molecular formula is C29H48N4O2. The van der Waals surface area contributed by atoms with Gasteiger partial charge in [0, 0.05) is 50.0 Å². The Kier molecular flexibility index (Phi) is 10.6. The van der Waals surface area contributed by atoms with Crippen LogP contribution in [0, 0.1) is 17.8 Å². The van der Waals surface area contributed by atoms with Crippen LogP contribution in [0.25, 0.3) is 0 Å². The molecule has 0 saturated carbocycles. The van der Waals surface area contributed by atoms with Crippen LogP contribution in [0.2, 0.25) is 0 Å². The van der Waals surface area contributed by atoms with Crippen molar-refractivity contribution in [2.24, 2.45) is 17.8 Å². The molecule has 0 aromatic heterocycles. The highest BCUT2D eigenvalue weighted by Gasteiger charge is 2.22. The molecule has 196 valence electrons. The number of rotatable bonds is 6. The summed E-state index contributed by atoms with van der Waals surface area (Å²) in [6.07, 6.45) is 5.18. The normalized spacial score (nSPS) is 23.0. The number of hydrogen-bond donors (Lipinski definition) is 3. The van der Waals surface area contributed by atoms with Crippen molar-refractivity contribution in [3.8, 4) is 0 Å². The van der Waals surface area contributed by atoms with E-state index in [0.29, 0.717) is 5.92 Å². The predicted octanol–water partition coefficient (Wildman–Crippen LogP) is 4.11. The average Bonchev–Trinajstić information content (AvgIpc) is 2.83. The first-order valence-corrected chi connectivity index (χ1v) is 13.7. The number of nitrogens with one attached hydrogen (secondary N) is 2. The van der Waals surface area contributed by atoms with E-state index in [1.54, 1.807) is 0 Å². The van der Waals surface area contributed by atoms with E-state index >= 15 is 0 Å². The van der Waals surface area contributed by atoms with Crippen molar-refractivity contribution in [3.63, 3.8) is 0 Å². The Bertz CT molecular complexity index is 824. The van der Waals surface area contributed by atoms with Gasteiger partial charge < -0.3 is 20.6 Å². The van der Waals surface area contributed by atoms with Gasteiger partial charge in [0.05, 0.1) is 6.10 Å². The van der Waals surface area contributed by atoms with Crippen LogP contribution >= 0.6 is 0 Å². The minimum absolute atomic E-state index is 0.117. The molecule has 6 nitrogen and oxygen atoms in total. The van der Waals surface area contributed by atoms with E-state index in [1.807, 2.05) is 13.8 Å². The number of anilines is 1.